The molecule has 7 heteroatoms. The molecule has 0 spiro atoms. The molecule has 0 unspecified atom stereocenters. The fourth-order valence-electron chi connectivity index (χ4n) is 1.93. The van der Waals surface area contributed by atoms with Crippen molar-refractivity contribution in [3.63, 3.8) is 0 Å². The standard InChI is InChI=1S/C14H17BrN4O2/c1-3-4-10-12(16)13(19-18-10)14(20)17-8-5-6-11(21-2)9(15)7-8/h5-7H,3-4,16H2,1-2H3,(H,17,20)(H,18,19). The maximum atomic E-state index is 12.2. The Morgan fingerprint density at radius 1 is 1.52 bits per heavy atom. The van der Waals surface area contributed by atoms with E-state index in [1.54, 1.807) is 25.3 Å². The topological polar surface area (TPSA) is 93.0 Å². The highest BCUT2D eigenvalue weighted by Gasteiger charge is 2.17. The van der Waals surface area contributed by atoms with E-state index in [4.69, 9.17) is 10.5 Å². The van der Waals surface area contributed by atoms with E-state index in [0.717, 1.165) is 23.0 Å². The lowest BCUT2D eigenvalue weighted by Gasteiger charge is -2.07. The summed E-state index contributed by atoms with van der Waals surface area (Å²) in [5.74, 6) is 0.348. The van der Waals surface area contributed by atoms with Crippen molar-refractivity contribution < 1.29 is 9.53 Å². The third kappa shape index (κ3) is 3.36. The fourth-order valence-corrected chi connectivity index (χ4v) is 2.48. The van der Waals surface area contributed by atoms with Gasteiger partial charge in [0.05, 0.1) is 23.0 Å². The molecule has 2 aromatic rings. The van der Waals surface area contributed by atoms with Crippen molar-refractivity contribution in [2.75, 3.05) is 18.2 Å². The van der Waals surface area contributed by atoms with Gasteiger partial charge in [-0.2, -0.15) is 5.10 Å². The largest absolute Gasteiger partial charge is 0.496 e. The van der Waals surface area contributed by atoms with Gasteiger partial charge < -0.3 is 15.8 Å². The molecule has 21 heavy (non-hydrogen) atoms. The Labute approximate surface area is 131 Å². The summed E-state index contributed by atoms with van der Waals surface area (Å²) in [5, 5.41) is 9.55. The number of halogens is 1. The predicted molar refractivity (Wildman–Crippen MR) is 85.6 cm³/mol. The molecule has 0 fully saturated rings. The van der Waals surface area contributed by atoms with E-state index in [1.807, 2.05) is 6.92 Å². The van der Waals surface area contributed by atoms with Crippen LogP contribution in [0.2, 0.25) is 0 Å². The molecule has 0 aliphatic carbocycles. The Hall–Kier alpha value is -2.02. The summed E-state index contributed by atoms with van der Waals surface area (Å²) in [5.41, 5.74) is 7.98. The number of nitrogens with zero attached hydrogens (tertiary/aromatic N) is 1. The Bertz CT molecular complexity index is 654. The first-order chi connectivity index (χ1) is 10.1. The van der Waals surface area contributed by atoms with Crippen LogP contribution in [0.25, 0.3) is 0 Å². The molecule has 0 bridgehead atoms. The van der Waals surface area contributed by atoms with Gasteiger partial charge in [-0.15, -0.1) is 0 Å². The molecule has 0 saturated carbocycles. The molecular weight excluding hydrogens is 336 g/mol. The van der Waals surface area contributed by atoms with E-state index < -0.39 is 0 Å². The van der Waals surface area contributed by atoms with E-state index in [0.29, 0.717) is 17.1 Å². The predicted octanol–water partition coefficient (Wildman–Crippen LogP) is 2.97. The van der Waals surface area contributed by atoms with Crippen LogP contribution in [0.4, 0.5) is 11.4 Å². The van der Waals surface area contributed by atoms with E-state index in [-0.39, 0.29) is 11.6 Å². The minimum Gasteiger partial charge on any atom is -0.496 e. The zero-order valence-electron chi connectivity index (χ0n) is 11.9. The van der Waals surface area contributed by atoms with Crippen LogP contribution in [0.1, 0.15) is 29.5 Å². The molecule has 0 radical (unpaired) electrons. The minimum atomic E-state index is -0.344. The number of carbonyl (C=O) groups excluding carboxylic acids is 1. The lowest BCUT2D eigenvalue weighted by Crippen LogP contribution is -2.14. The number of carbonyl (C=O) groups is 1. The molecule has 1 heterocycles. The van der Waals surface area contributed by atoms with Crippen LogP contribution < -0.4 is 15.8 Å². The number of ether oxygens (including phenoxy) is 1. The number of aromatic amines is 1. The maximum Gasteiger partial charge on any atom is 0.278 e. The van der Waals surface area contributed by atoms with Crippen molar-refractivity contribution in [3.05, 3.63) is 34.1 Å². The number of H-pyrrole nitrogens is 1. The number of amides is 1. The zero-order chi connectivity index (χ0) is 15.4. The number of aromatic nitrogens is 2. The number of nitrogens with one attached hydrogen (secondary N) is 2. The Kier molecular flexibility index (Phi) is 4.85. The van der Waals surface area contributed by atoms with Crippen LogP contribution >= 0.6 is 15.9 Å². The molecule has 112 valence electrons. The normalized spacial score (nSPS) is 10.4. The molecule has 4 N–H and O–H groups in total. The highest BCUT2D eigenvalue weighted by Crippen LogP contribution is 2.28. The van der Waals surface area contributed by atoms with E-state index in [2.05, 4.69) is 31.4 Å². The number of benzene rings is 1. The van der Waals surface area contributed by atoms with Gasteiger partial charge in [0.25, 0.3) is 5.91 Å². The molecule has 0 aliphatic heterocycles. The van der Waals surface area contributed by atoms with Crippen molar-refractivity contribution in [3.8, 4) is 5.75 Å². The van der Waals surface area contributed by atoms with E-state index in [1.165, 1.54) is 0 Å². The summed E-state index contributed by atoms with van der Waals surface area (Å²) in [6, 6.07) is 5.26. The van der Waals surface area contributed by atoms with Gasteiger partial charge in [-0.05, 0) is 40.5 Å². The summed E-state index contributed by atoms with van der Waals surface area (Å²) >= 11 is 3.37. The summed E-state index contributed by atoms with van der Waals surface area (Å²) < 4.78 is 5.90. The molecule has 1 amide bonds. The van der Waals surface area contributed by atoms with E-state index in [9.17, 15) is 4.79 Å². The molecule has 0 aliphatic rings. The lowest BCUT2D eigenvalue weighted by molar-refractivity contribution is 0.102. The average Bonchev–Trinajstić information content (AvgIpc) is 2.81. The summed E-state index contributed by atoms with van der Waals surface area (Å²) in [6.07, 6.45) is 1.69. The smallest absolute Gasteiger partial charge is 0.278 e. The second kappa shape index (κ2) is 6.62. The molecular formula is C14H17BrN4O2. The molecule has 6 nitrogen and oxygen atoms in total. The minimum absolute atomic E-state index is 0.213. The van der Waals surface area contributed by atoms with Crippen LogP contribution in [0.3, 0.4) is 0 Å². The highest BCUT2D eigenvalue weighted by molar-refractivity contribution is 9.10. The summed E-state index contributed by atoms with van der Waals surface area (Å²) in [4.78, 5) is 12.2. The van der Waals surface area contributed by atoms with Gasteiger partial charge >= 0.3 is 0 Å². The van der Waals surface area contributed by atoms with Gasteiger partial charge in [0.1, 0.15) is 5.75 Å². The third-order valence-corrected chi connectivity index (χ3v) is 3.63. The van der Waals surface area contributed by atoms with Gasteiger partial charge in [-0.25, -0.2) is 0 Å². The summed E-state index contributed by atoms with van der Waals surface area (Å²) in [7, 11) is 1.58. The number of rotatable bonds is 5. The molecule has 1 aromatic heterocycles. The van der Waals surface area contributed by atoms with Crippen LogP contribution in [0.5, 0.6) is 5.75 Å². The average molecular weight is 353 g/mol. The SMILES string of the molecule is CCCc1[nH]nc(C(=O)Nc2ccc(OC)c(Br)c2)c1N. The van der Waals surface area contributed by atoms with Crippen molar-refractivity contribution in [2.24, 2.45) is 0 Å². The number of nitrogens with two attached hydrogens (primary N) is 1. The number of hydrogen-bond donors (Lipinski definition) is 3. The number of methoxy groups -OCH3 is 1. The molecule has 0 atom stereocenters. The first-order valence-electron chi connectivity index (χ1n) is 6.54. The van der Waals surface area contributed by atoms with Crippen molar-refractivity contribution in [1.82, 2.24) is 10.2 Å². The van der Waals surface area contributed by atoms with Gasteiger partial charge in [0.15, 0.2) is 5.69 Å². The second-order valence-corrected chi connectivity index (χ2v) is 5.37. The van der Waals surface area contributed by atoms with Gasteiger partial charge in [0.2, 0.25) is 0 Å². The van der Waals surface area contributed by atoms with Crippen molar-refractivity contribution in [1.29, 1.82) is 0 Å². The Balaban J connectivity index is 2.16. The molecule has 1 aromatic carbocycles. The first kappa shape index (κ1) is 15.4. The highest BCUT2D eigenvalue weighted by atomic mass is 79.9. The van der Waals surface area contributed by atoms with Crippen LogP contribution in [0.15, 0.2) is 22.7 Å². The Morgan fingerprint density at radius 2 is 2.29 bits per heavy atom. The maximum absolute atomic E-state index is 12.2. The number of anilines is 2. The zero-order valence-corrected chi connectivity index (χ0v) is 13.5. The van der Waals surface area contributed by atoms with E-state index >= 15 is 0 Å². The van der Waals surface area contributed by atoms with Gasteiger partial charge in [-0.3, -0.25) is 9.89 Å². The molecule has 2 rings (SSSR count). The molecule has 0 saturated heterocycles. The van der Waals surface area contributed by atoms with Crippen molar-refractivity contribution >= 4 is 33.2 Å². The van der Waals surface area contributed by atoms with Crippen molar-refractivity contribution in [2.45, 2.75) is 19.8 Å². The van der Waals surface area contributed by atoms with Gasteiger partial charge in [-0.1, -0.05) is 13.3 Å². The first-order valence-corrected chi connectivity index (χ1v) is 7.33. The van der Waals surface area contributed by atoms with Gasteiger partial charge in [0, 0.05) is 5.69 Å². The van der Waals surface area contributed by atoms with Crippen LogP contribution in [0, 0.1) is 0 Å². The summed E-state index contributed by atoms with van der Waals surface area (Å²) in [6.45, 7) is 2.04. The van der Waals surface area contributed by atoms with Crippen LogP contribution in [-0.2, 0) is 6.42 Å². The second-order valence-electron chi connectivity index (χ2n) is 4.52. The Morgan fingerprint density at radius 3 is 2.90 bits per heavy atom. The number of nitrogen functional groups attached to an aromatic ring is 1. The fraction of sp³-hybridized carbons (Fsp3) is 0.286. The van der Waals surface area contributed by atoms with Crippen LogP contribution in [-0.4, -0.2) is 23.2 Å². The quantitative estimate of drug-likeness (QED) is 0.770. The number of hydrogen-bond acceptors (Lipinski definition) is 4. The monoisotopic (exact) mass is 352 g/mol. The lowest BCUT2D eigenvalue weighted by atomic mass is 10.2. The third-order valence-electron chi connectivity index (χ3n) is 3.01. The number of aryl methyl sites for hydroxylation is 1.